The Hall–Kier alpha value is -0.0951. The third-order valence-electron chi connectivity index (χ3n) is 4.22. The normalized spacial score (nSPS) is 24.3. The van der Waals surface area contributed by atoms with Gasteiger partial charge in [-0.15, -0.1) is 0 Å². The minimum absolute atomic E-state index is 0.379. The fraction of sp³-hybridized carbons (Fsp3) is 1.00. The lowest BCUT2D eigenvalue weighted by Gasteiger charge is -2.38. The second-order valence-corrected chi connectivity index (χ2v) is 6.95. The molecule has 0 saturated carbocycles. The van der Waals surface area contributed by atoms with Crippen LogP contribution in [0.5, 0.6) is 0 Å². The molecule has 0 atom stereocenters. The van der Waals surface area contributed by atoms with Crippen molar-refractivity contribution in [1.82, 2.24) is 0 Å². The lowest BCUT2D eigenvalue weighted by molar-refractivity contribution is -0.105. The third-order valence-corrected chi connectivity index (χ3v) is 4.22. The second-order valence-electron chi connectivity index (χ2n) is 6.95. The summed E-state index contributed by atoms with van der Waals surface area (Å²) in [5.74, 6) is 0. The number of ether oxygens (including phenoxy) is 2. The van der Waals surface area contributed by atoms with Crippen LogP contribution in [0.1, 0.15) is 55.4 Å². The van der Waals surface area contributed by atoms with Crippen LogP contribution in [-0.2, 0) is 14.1 Å². The zero-order chi connectivity index (χ0) is 14.4. The van der Waals surface area contributed by atoms with Crippen LogP contribution in [0.2, 0.25) is 0 Å². The molecule has 0 amide bonds. The van der Waals surface area contributed by atoms with Gasteiger partial charge in [0.25, 0.3) is 0 Å². The van der Waals surface area contributed by atoms with E-state index >= 15 is 0 Å². The monoisotopic (exact) mass is 257 g/mol. The molecule has 4 nitrogen and oxygen atoms in total. The van der Waals surface area contributed by atoms with E-state index in [2.05, 4.69) is 0 Å². The first-order chi connectivity index (χ1) is 7.79. The summed E-state index contributed by atoms with van der Waals surface area (Å²) in [6, 6.07) is 0. The fourth-order valence-electron chi connectivity index (χ4n) is 1.31. The van der Waals surface area contributed by atoms with E-state index in [-0.39, 0.29) is 11.2 Å². The van der Waals surface area contributed by atoms with E-state index < -0.39 is 17.4 Å². The van der Waals surface area contributed by atoms with Gasteiger partial charge >= 0.3 is 7.48 Å². The Balaban J connectivity index is 2.58. The lowest BCUT2D eigenvalue weighted by atomic mass is 9.86. The average molecular weight is 257 g/mol. The molecule has 0 spiro atoms. The smallest absolute Gasteiger partial charge is 0.361 e. The topological polar surface area (TPSA) is 47.9 Å². The molecule has 105 valence electrons. The molecule has 0 bridgehead atoms. The van der Waals surface area contributed by atoms with Gasteiger partial charge in [-0.2, -0.15) is 0 Å². The Morgan fingerprint density at radius 1 is 1.00 bits per heavy atom. The van der Waals surface area contributed by atoms with Crippen molar-refractivity contribution in [1.29, 1.82) is 0 Å². The Morgan fingerprint density at radius 2 is 1.39 bits per heavy atom. The van der Waals surface area contributed by atoms with E-state index in [1.807, 2.05) is 41.5 Å². The summed E-state index contributed by atoms with van der Waals surface area (Å²) in [6.07, 6.45) is -0.517. The van der Waals surface area contributed by atoms with Crippen LogP contribution in [0.3, 0.4) is 0 Å². The first-order valence-electron chi connectivity index (χ1n) is 6.38. The molecule has 1 aliphatic rings. The van der Waals surface area contributed by atoms with Gasteiger partial charge in [0.15, 0.2) is 6.19 Å². The standard InChI is InChI=1S/C13H26BO4/c1-10(2,15)11(3,4)18-14-9-16-12(5,6)13(7,8)17-9/h9,15H,1-8H3. The minimum atomic E-state index is -0.951. The SMILES string of the molecule is CC(C)(O)C(C)(C)O[B]C1OC(C)(C)C(C)(C)O1. The summed E-state index contributed by atoms with van der Waals surface area (Å²) >= 11 is 0. The summed E-state index contributed by atoms with van der Waals surface area (Å²) in [7, 11) is 1.52. The molecule has 1 radical (unpaired) electrons. The Kier molecular flexibility index (Phi) is 3.97. The zero-order valence-corrected chi connectivity index (χ0v) is 12.8. The summed E-state index contributed by atoms with van der Waals surface area (Å²) in [6.45, 7) is 15.0. The fourth-order valence-corrected chi connectivity index (χ4v) is 1.31. The highest BCUT2D eigenvalue weighted by atomic mass is 16.8. The van der Waals surface area contributed by atoms with Gasteiger partial charge < -0.3 is 19.2 Å². The van der Waals surface area contributed by atoms with Crippen molar-refractivity contribution in [2.45, 2.75) is 84.0 Å². The van der Waals surface area contributed by atoms with E-state index in [9.17, 15) is 5.11 Å². The van der Waals surface area contributed by atoms with E-state index in [0.717, 1.165) is 0 Å². The molecule has 1 rings (SSSR count). The molecule has 0 aromatic heterocycles. The quantitative estimate of drug-likeness (QED) is 0.783. The Labute approximate surface area is 111 Å². The average Bonchev–Trinajstić information content (AvgIpc) is 2.30. The van der Waals surface area contributed by atoms with Gasteiger partial charge in [-0.1, -0.05) is 0 Å². The van der Waals surface area contributed by atoms with Crippen LogP contribution >= 0.6 is 0 Å². The molecular formula is C13H26BO4. The van der Waals surface area contributed by atoms with Crippen LogP contribution in [-0.4, -0.2) is 41.2 Å². The van der Waals surface area contributed by atoms with Gasteiger partial charge in [0.1, 0.15) is 0 Å². The zero-order valence-electron chi connectivity index (χ0n) is 12.8. The summed E-state index contributed by atoms with van der Waals surface area (Å²) < 4.78 is 17.2. The maximum absolute atomic E-state index is 10.00. The molecule has 0 aromatic carbocycles. The van der Waals surface area contributed by atoms with Crippen molar-refractivity contribution in [3.8, 4) is 0 Å². The number of rotatable bonds is 4. The first kappa shape index (κ1) is 16.0. The van der Waals surface area contributed by atoms with Crippen LogP contribution in [0, 0.1) is 0 Å². The second kappa shape index (κ2) is 4.48. The molecule has 0 aliphatic carbocycles. The van der Waals surface area contributed by atoms with Gasteiger partial charge in [0.05, 0.1) is 22.4 Å². The number of hydrogen-bond acceptors (Lipinski definition) is 4. The van der Waals surface area contributed by atoms with Crippen molar-refractivity contribution in [3.63, 3.8) is 0 Å². The summed E-state index contributed by atoms with van der Waals surface area (Å²) in [4.78, 5) is 0. The van der Waals surface area contributed by atoms with Gasteiger partial charge in [0, 0.05) is 0 Å². The molecule has 1 aliphatic heterocycles. The minimum Gasteiger partial charge on any atom is -0.427 e. The first-order valence-corrected chi connectivity index (χ1v) is 6.38. The van der Waals surface area contributed by atoms with E-state index in [1.54, 1.807) is 13.8 Å². The predicted octanol–water partition coefficient (Wildman–Crippen LogP) is 2.06. The highest BCUT2D eigenvalue weighted by molar-refractivity contribution is 6.28. The van der Waals surface area contributed by atoms with Crippen molar-refractivity contribution < 1.29 is 19.2 Å². The van der Waals surface area contributed by atoms with Gasteiger partial charge in [0.2, 0.25) is 0 Å². The maximum atomic E-state index is 10.00. The van der Waals surface area contributed by atoms with Crippen molar-refractivity contribution in [2.75, 3.05) is 0 Å². The van der Waals surface area contributed by atoms with Crippen LogP contribution in [0.15, 0.2) is 0 Å². The van der Waals surface area contributed by atoms with E-state index in [4.69, 9.17) is 14.1 Å². The Bertz CT molecular complexity index is 289. The third kappa shape index (κ3) is 3.07. The number of aliphatic hydroxyl groups is 1. The van der Waals surface area contributed by atoms with E-state index in [1.165, 1.54) is 7.48 Å². The molecule has 1 saturated heterocycles. The van der Waals surface area contributed by atoms with Gasteiger partial charge in [-0.05, 0) is 55.4 Å². The molecule has 0 aromatic rings. The molecular weight excluding hydrogens is 231 g/mol. The van der Waals surface area contributed by atoms with Crippen LogP contribution < -0.4 is 0 Å². The molecule has 5 heteroatoms. The predicted molar refractivity (Wildman–Crippen MR) is 71.3 cm³/mol. The van der Waals surface area contributed by atoms with Gasteiger partial charge in [-0.3, -0.25) is 0 Å². The summed E-state index contributed by atoms with van der Waals surface area (Å²) in [5.41, 5.74) is -2.42. The largest absolute Gasteiger partial charge is 0.427 e. The summed E-state index contributed by atoms with van der Waals surface area (Å²) in [5, 5.41) is 10.00. The maximum Gasteiger partial charge on any atom is 0.361 e. The van der Waals surface area contributed by atoms with Crippen molar-refractivity contribution in [3.05, 3.63) is 0 Å². The van der Waals surface area contributed by atoms with Crippen molar-refractivity contribution >= 4 is 7.48 Å². The molecule has 1 fully saturated rings. The molecule has 1 N–H and O–H groups in total. The lowest BCUT2D eigenvalue weighted by Crippen LogP contribution is -2.49. The Morgan fingerprint density at radius 3 is 1.72 bits per heavy atom. The highest BCUT2D eigenvalue weighted by Gasteiger charge is 2.50. The molecule has 1 heterocycles. The van der Waals surface area contributed by atoms with Crippen LogP contribution in [0.25, 0.3) is 0 Å². The van der Waals surface area contributed by atoms with Gasteiger partial charge in [-0.25, -0.2) is 0 Å². The molecule has 18 heavy (non-hydrogen) atoms. The number of hydrogen-bond donors (Lipinski definition) is 1. The highest BCUT2D eigenvalue weighted by Crippen LogP contribution is 2.38. The van der Waals surface area contributed by atoms with E-state index in [0.29, 0.717) is 0 Å². The molecule has 0 unspecified atom stereocenters. The van der Waals surface area contributed by atoms with Crippen molar-refractivity contribution in [2.24, 2.45) is 0 Å². The van der Waals surface area contributed by atoms with Crippen LogP contribution in [0.4, 0.5) is 0 Å².